The average Bonchev–Trinajstić information content (AvgIpc) is 2.68. The van der Waals surface area contributed by atoms with E-state index in [0.29, 0.717) is 13.1 Å². The van der Waals surface area contributed by atoms with Gasteiger partial charge in [-0.25, -0.2) is 0 Å². The summed E-state index contributed by atoms with van der Waals surface area (Å²) in [5.41, 5.74) is -1.76. The van der Waals surface area contributed by atoms with Gasteiger partial charge in [-0.3, -0.25) is 4.90 Å². The molecule has 162 valence electrons. The Kier molecular flexibility index (Phi) is 10.5. The van der Waals surface area contributed by atoms with Crippen LogP contribution in [0.1, 0.15) is 0 Å². The van der Waals surface area contributed by atoms with Gasteiger partial charge in [-0.15, -0.1) is 0 Å². The van der Waals surface area contributed by atoms with Crippen LogP contribution < -0.4 is 10.6 Å². The second kappa shape index (κ2) is 11.5. The summed E-state index contributed by atoms with van der Waals surface area (Å²) in [6.45, 7) is -1.31. The number of aliphatic hydroxyl groups is 9. The van der Waals surface area contributed by atoms with Crippen LogP contribution in [0.2, 0.25) is 0 Å². The van der Waals surface area contributed by atoms with Crippen LogP contribution >= 0.6 is 0 Å². The molecule has 3 atom stereocenters. The zero-order valence-electron chi connectivity index (χ0n) is 15.1. The second-order valence-electron chi connectivity index (χ2n) is 6.68. The lowest BCUT2D eigenvalue weighted by Crippen LogP contribution is -2.73. The lowest BCUT2D eigenvalue weighted by atomic mass is 9.70. The van der Waals surface area contributed by atoms with Gasteiger partial charge in [0.05, 0.1) is 43.2 Å². The molecule has 1 aliphatic heterocycles. The van der Waals surface area contributed by atoms with Crippen molar-refractivity contribution in [2.24, 2.45) is 11.8 Å². The van der Waals surface area contributed by atoms with Crippen molar-refractivity contribution in [1.82, 2.24) is 15.5 Å². The first-order valence-electron chi connectivity index (χ1n) is 8.87. The van der Waals surface area contributed by atoms with Crippen molar-refractivity contribution in [3.05, 3.63) is 0 Å². The van der Waals surface area contributed by atoms with E-state index < -0.39 is 62.1 Å². The van der Waals surface area contributed by atoms with Gasteiger partial charge in [-0.2, -0.15) is 0 Å². The minimum atomic E-state index is -2.13. The van der Waals surface area contributed by atoms with Crippen molar-refractivity contribution in [2.45, 2.75) is 30.5 Å². The van der Waals surface area contributed by atoms with E-state index in [-0.39, 0.29) is 19.6 Å². The summed E-state index contributed by atoms with van der Waals surface area (Å²) in [6.07, 6.45) is -6.31. The SMILES string of the molecule is OCC(C(O)O)N1CCNCCNCC1(C(CO)C(O)O)C(CO)C(O)O. The van der Waals surface area contributed by atoms with E-state index in [2.05, 4.69) is 10.6 Å². The molecule has 0 saturated carbocycles. The van der Waals surface area contributed by atoms with Crippen LogP contribution in [0.4, 0.5) is 0 Å². The molecule has 3 unspecified atom stereocenters. The highest BCUT2D eigenvalue weighted by molar-refractivity contribution is 5.07. The van der Waals surface area contributed by atoms with E-state index in [1.807, 2.05) is 0 Å². The van der Waals surface area contributed by atoms with Crippen LogP contribution in [0.3, 0.4) is 0 Å². The molecule has 0 spiro atoms. The molecule has 11 N–H and O–H groups in total. The summed E-state index contributed by atoms with van der Waals surface area (Å²) >= 11 is 0. The zero-order valence-corrected chi connectivity index (χ0v) is 15.1. The summed E-state index contributed by atoms with van der Waals surface area (Å²) in [6, 6.07) is -1.35. The van der Waals surface area contributed by atoms with E-state index in [9.17, 15) is 46.0 Å². The van der Waals surface area contributed by atoms with Crippen LogP contribution in [0.5, 0.6) is 0 Å². The zero-order chi connectivity index (χ0) is 20.6. The molecule has 0 aromatic heterocycles. The Morgan fingerprint density at radius 3 is 1.63 bits per heavy atom. The maximum atomic E-state index is 9.89. The standard InChI is InChI=1S/C15H33N3O9/c19-5-9(12(22)23)15(10(6-20)13(24)25)8-17-2-1-16-3-4-18(15)11(7-21)14(26)27/h9-14,16-17,19-27H,1-8H2. The first-order chi connectivity index (χ1) is 12.8. The molecule has 1 saturated heterocycles. The lowest BCUT2D eigenvalue weighted by molar-refractivity contribution is -0.232. The summed E-state index contributed by atoms with van der Waals surface area (Å²) in [4.78, 5) is 1.28. The minimum absolute atomic E-state index is 0.0248. The fourth-order valence-corrected chi connectivity index (χ4v) is 3.91. The molecule has 0 aromatic carbocycles. The Bertz CT molecular complexity index is 398. The molecular formula is C15H33N3O9. The lowest BCUT2D eigenvalue weighted by Gasteiger charge is -2.55. The maximum absolute atomic E-state index is 9.89. The fraction of sp³-hybridized carbons (Fsp3) is 1.00. The number of rotatable bonds is 9. The number of hydrogen-bond acceptors (Lipinski definition) is 12. The molecule has 0 radical (unpaired) electrons. The van der Waals surface area contributed by atoms with E-state index in [1.54, 1.807) is 0 Å². The Labute approximate surface area is 157 Å². The maximum Gasteiger partial charge on any atom is 0.169 e. The Hall–Kier alpha value is -0.480. The average molecular weight is 399 g/mol. The third-order valence-corrected chi connectivity index (χ3v) is 5.28. The molecule has 0 amide bonds. The Morgan fingerprint density at radius 2 is 1.22 bits per heavy atom. The topological polar surface area (TPSA) is 209 Å². The van der Waals surface area contributed by atoms with Crippen molar-refractivity contribution >= 4 is 0 Å². The van der Waals surface area contributed by atoms with Gasteiger partial charge >= 0.3 is 0 Å². The van der Waals surface area contributed by atoms with Crippen molar-refractivity contribution in [3.8, 4) is 0 Å². The number of nitrogens with one attached hydrogen (secondary N) is 2. The molecular weight excluding hydrogens is 366 g/mol. The highest BCUT2D eigenvalue weighted by Gasteiger charge is 2.56. The number of aliphatic hydroxyl groups excluding tert-OH is 6. The van der Waals surface area contributed by atoms with Gasteiger partial charge < -0.3 is 56.6 Å². The van der Waals surface area contributed by atoms with Crippen molar-refractivity contribution in [3.63, 3.8) is 0 Å². The van der Waals surface area contributed by atoms with Gasteiger partial charge in [0.15, 0.2) is 18.9 Å². The predicted molar refractivity (Wildman–Crippen MR) is 91.9 cm³/mol. The Balaban J connectivity index is 3.65. The summed E-state index contributed by atoms with van der Waals surface area (Å²) in [5.74, 6) is -2.87. The smallest absolute Gasteiger partial charge is 0.169 e. The number of nitrogens with zero attached hydrogens (tertiary/aromatic N) is 1. The van der Waals surface area contributed by atoms with Gasteiger partial charge in [-0.05, 0) is 0 Å². The molecule has 27 heavy (non-hydrogen) atoms. The molecule has 1 rings (SSSR count). The third-order valence-electron chi connectivity index (χ3n) is 5.28. The highest BCUT2D eigenvalue weighted by Crippen LogP contribution is 2.38. The molecule has 1 aliphatic rings. The minimum Gasteiger partial charge on any atom is -0.396 e. The van der Waals surface area contributed by atoms with Crippen molar-refractivity contribution < 1.29 is 46.0 Å². The molecule has 0 aliphatic carbocycles. The van der Waals surface area contributed by atoms with Crippen LogP contribution in [0.25, 0.3) is 0 Å². The second-order valence-corrected chi connectivity index (χ2v) is 6.68. The summed E-state index contributed by atoms with van der Waals surface area (Å²) < 4.78 is 0. The summed E-state index contributed by atoms with van der Waals surface area (Å²) in [7, 11) is 0. The van der Waals surface area contributed by atoms with Crippen LogP contribution in [-0.2, 0) is 0 Å². The van der Waals surface area contributed by atoms with E-state index in [1.165, 1.54) is 4.90 Å². The van der Waals surface area contributed by atoms with Crippen LogP contribution in [-0.4, -0.2) is 134 Å². The van der Waals surface area contributed by atoms with Crippen molar-refractivity contribution in [1.29, 1.82) is 0 Å². The van der Waals surface area contributed by atoms with Crippen LogP contribution in [0, 0.1) is 11.8 Å². The van der Waals surface area contributed by atoms with E-state index in [4.69, 9.17) is 0 Å². The molecule has 12 nitrogen and oxygen atoms in total. The van der Waals surface area contributed by atoms with E-state index >= 15 is 0 Å². The number of hydrogen-bond donors (Lipinski definition) is 11. The molecule has 0 bridgehead atoms. The fourth-order valence-electron chi connectivity index (χ4n) is 3.91. The van der Waals surface area contributed by atoms with Crippen molar-refractivity contribution in [2.75, 3.05) is 52.5 Å². The van der Waals surface area contributed by atoms with Gasteiger partial charge in [0.1, 0.15) is 0 Å². The first kappa shape index (κ1) is 24.6. The van der Waals surface area contributed by atoms with Gasteiger partial charge in [-0.1, -0.05) is 0 Å². The van der Waals surface area contributed by atoms with Crippen LogP contribution in [0.15, 0.2) is 0 Å². The monoisotopic (exact) mass is 399 g/mol. The largest absolute Gasteiger partial charge is 0.396 e. The predicted octanol–water partition coefficient (Wildman–Crippen LogP) is -6.27. The molecule has 1 fully saturated rings. The Morgan fingerprint density at radius 1 is 0.704 bits per heavy atom. The van der Waals surface area contributed by atoms with Gasteiger partial charge in [0, 0.05) is 32.7 Å². The van der Waals surface area contributed by atoms with E-state index in [0.717, 1.165) is 0 Å². The molecule has 1 heterocycles. The normalized spacial score (nSPS) is 26.7. The van der Waals surface area contributed by atoms with Gasteiger partial charge in [0.2, 0.25) is 0 Å². The first-order valence-corrected chi connectivity index (χ1v) is 8.87. The quantitative estimate of drug-likeness (QED) is 0.164. The molecule has 12 heteroatoms. The third kappa shape index (κ3) is 5.53. The summed E-state index contributed by atoms with van der Waals surface area (Å²) in [5, 5.41) is 94.6. The molecule has 0 aromatic rings. The highest BCUT2D eigenvalue weighted by atomic mass is 16.5. The van der Waals surface area contributed by atoms with Gasteiger partial charge in [0.25, 0.3) is 0 Å².